The Morgan fingerprint density at radius 1 is 1.10 bits per heavy atom. The third-order valence-electron chi connectivity index (χ3n) is 4.27. The average Bonchev–Trinajstić information content (AvgIpc) is 3.11. The van der Waals surface area contributed by atoms with E-state index in [0.717, 1.165) is 11.2 Å². The number of fused-ring (bicyclic) bond motifs is 1. The summed E-state index contributed by atoms with van der Waals surface area (Å²) in [5.41, 5.74) is 2.63. The van der Waals surface area contributed by atoms with Crippen LogP contribution < -0.4 is 15.4 Å². The minimum atomic E-state index is -0.345. The lowest BCUT2D eigenvalue weighted by molar-refractivity contribution is 0.202. The van der Waals surface area contributed by atoms with Crippen LogP contribution in [0.25, 0.3) is 10.9 Å². The lowest BCUT2D eigenvalue weighted by Gasteiger charge is -2.12. The average molecular weight is 393 g/mol. The maximum Gasteiger partial charge on any atom is 0.229 e. The highest BCUT2D eigenvalue weighted by Crippen LogP contribution is 2.29. The Hall–Kier alpha value is -3.65. The van der Waals surface area contributed by atoms with Crippen LogP contribution in [0.3, 0.4) is 0 Å². The van der Waals surface area contributed by atoms with Gasteiger partial charge in [-0.15, -0.1) is 0 Å². The third-order valence-corrected chi connectivity index (χ3v) is 4.27. The molecule has 0 amide bonds. The molecule has 0 unspecified atom stereocenters. The molecule has 2 aromatic heterocycles. The van der Waals surface area contributed by atoms with Crippen molar-refractivity contribution in [1.82, 2.24) is 15.0 Å². The lowest BCUT2D eigenvalue weighted by atomic mass is 10.2. The van der Waals surface area contributed by atoms with Crippen LogP contribution in [0.1, 0.15) is 5.69 Å². The molecule has 0 radical (unpaired) electrons. The summed E-state index contributed by atoms with van der Waals surface area (Å²) in [5.74, 6) is 1.00. The van der Waals surface area contributed by atoms with Crippen molar-refractivity contribution in [1.29, 1.82) is 0 Å². The number of hydrogen-bond acceptors (Lipinski definition) is 6. The fourth-order valence-electron chi connectivity index (χ4n) is 3.00. The number of aromatic amines is 1. The van der Waals surface area contributed by atoms with Crippen molar-refractivity contribution in [2.24, 2.45) is 0 Å². The summed E-state index contributed by atoms with van der Waals surface area (Å²) in [6.07, 6.45) is 1.58. The number of anilines is 4. The van der Waals surface area contributed by atoms with Gasteiger partial charge in [-0.25, -0.2) is 9.37 Å². The van der Waals surface area contributed by atoms with Gasteiger partial charge >= 0.3 is 0 Å². The van der Waals surface area contributed by atoms with Gasteiger partial charge in [0, 0.05) is 22.8 Å². The third kappa shape index (κ3) is 4.12. The summed E-state index contributed by atoms with van der Waals surface area (Å²) in [5, 5.41) is 15.6. The van der Waals surface area contributed by atoms with E-state index in [1.807, 2.05) is 31.2 Å². The molecule has 8 heteroatoms. The molecule has 0 aliphatic rings. The van der Waals surface area contributed by atoms with Gasteiger partial charge in [-0.2, -0.15) is 4.98 Å². The van der Waals surface area contributed by atoms with Gasteiger partial charge in [-0.3, -0.25) is 0 Å². The van der Waals surface area contributed by atoms with Gasteiger partial charge in [0.1, 0.15) is 18.2 Å². The highest BCUT2D eigenvalue weighted by Gasteiger charge is 2.11. The van der Waals surface area contributed by atoms with Crippen LogP contribution in [-0.4, -0.2) is 33.3 Å². The number of aliphatic hydroxyl groups is 1. The Balaban J connectivity index is 1.56. The number of halogens is 1. The molecule has 0 aliphatic heterocycles. The number of aromatic nitrogens is 3. The number of H-pyrrole nitrogens is 1. The second-order valence-corrected chi connectivity index (χ2v) is 6.42. The van der Waals surface area contributed by atoms with Gasteiger partial charge in [-0.1, -0.05) is 12.1 Å². The lowest BCUT2D eigenvalue weighted by Crippen LogP contribution is -2.05. The fourth-order valence-corrected chi connectivity index (χ4v) is 3.00. The summed E-state index contributed by atoms with van der Waals surface area (Å²) in [6.45, 7) is 1.99. The maximum atomic E-state index is 14.8. The summed E-state index contributed by atoms with van der Waals surface area (Å²) >= 11 is 0. The first-order chi connectivity index (χ1) is 14.1. The Morgan fingerprint density at radius 3 is 2.83 bits per heavy atom. The highest BCUT2D eigenvalue weighted by molar-refractivity contribution is 5.85. The Morgan fingerprint density at radius 2 is 1.97 bits per heavy atom. The second-order valence-electron chi connectivity index (χ2n) is 6.42. The molecule has 0 saturated heterocycles. The zero-order valence-corrected chi connectivity index (χ0v) is 15.7. The first-order valence-electron chi connectivity index (χ1n) is 9.11. The molecule has 148 valence electrons. The smallest absolute Gasteiger partial charge is 0.229 e. The van der Waals surface area contributed by atoms with Gasteiger partial charge in [-0.05, 0) is 43.3 Å². The molecule has 0 saturated carbocycles. The molecule has 7 nitrogen and oxygen atoms in total. The second kappa shape index (κ2) is 8.15. The van der Waals surface area contributed by atoms with Gasteiger partial charge < -0.3 is 25.5 Å². The first kappa shape index (κ1) is 18.7. The largest absolute Gasteiger partial charge is 0.489 e. The molecule has 0 fully saturated rings. The number of para-hydroxylation sites is 2. The molecular formula is C21H20FN5O2. The number of rotatable bonds is 7. The Bertz CT molecular complexity index is 1150. The van der Waals surface area contributed by atoms with Gasteiger partial charge in [0.05, 0.1) is 18.0 Å². The van der Waals surface area contributed by atoms with Crippen molar-refractivity contribution >= 4 is 34.0 Å². The van der Waals surface area contributed by atoms with E-state index in [2.05, 4.69) is 25.6 Å². The van der Waals surface area contributed by atoms with Crippen molar-refractivity contribution in [3.05, 3.63) is 66.2 Å². The van der Waals surface area contributed by atoms with Crippen molar-refractivity contribution in [3.8, 4) is 5.75 Å². The molecule has 2 heterocycles. The molecule has 29 heavy (non-hydrogen) atoms. The summed E-state index contributed by atoms with van der Waals surface area (Å²) in [4.78, 5) is 11.7. The van der Waals surface area contributed by atoms with E-state index in [-0.39, 0.29) is 19.0 Å². The fraction of sp³-hybridized carbons (Fsp3) is 0.143. The van der Waals surface area contributed by atoms with E-state index in [4.69, 9.17) is 9.84 Å². The highest BCUT2D eigenvalue weighted by atomic mass is 19.1. The predicted molar refractivity (Wildman–Crippen MR) is 111 cm³/mol. The minimum absolute atomic E-state index is 0.0825. The molecule has 0 atom stereocenters. The summed E-state index contributed by atoms with van der Waals surface area (Å²) in [7, 11) is 0. The van der Waals surface area contributed by atoms with Crippen LogP contribution in [0.5, 0.6) is 5.75 Å². The van der Waals surface area contributed by atoms with Crippen LogP contribution in [0.4, 0.5) is 27.5 Å². The molecule has 4 aromatic rings. The van der Waals surface area contributed by atoms with Crippen LogP contribution in [0.15, 0.2) is 54.7 Å². The van der Waals surface area contributed by atoms with E-state index >= 15 is 0 Å². The summed E-state index contributed by atoms with van der Waals surface area (Å²) in [6, 6.07) is 14.2. The van der Waals surface area contributed by atoms with Gasteiger partial charge in [0.2, 0.25) is 5.95 Å². The first-order valence-corrected chi connectivity index (χ1v) is 9.11. The molecular weight excluding hydrogens is 373 g/mol. The standard InChI is InChI=1S/C21H20FN5O2/c1-13-12-14-15(24-13)6-7-17(20(14)22)25-19-8-9-23-21(27-19)26-16-4-2-3-5-18(16)29-11-10-28/h2-9,12,24,28H,10-11H2,1H3,(H2,23,25,26,27). The maximum absolute atomic E-state index is 14.8. The summed E-state index contributed by atoms with van der Waals surface area (Å²) < 4.78 is 20.3. The van der Waals surface area contributed by atoms with Gasteiger partial charge in [0.25, 0.3) is 0 Å². The molecule has 4 N–H and O–H groups in total. The predicted octanol–water partition coefficient (Wildman–Crippen LogP) is 4.26. The number of nitrogens with zero attached hydrogens (tertiary/aromatic N) is 2. The van der Waals surface area contributed by atoms with E-state index in [9.17, 15) is 4.39 Å². The van der Waals surface area contributed by atoms with Crippen molar-refractivity contribution < 1.29 is 14.2 Å². The van der Waals surface area contributed by atoms with Crippen LogP contribution in [-0.2, 0) is 0 Å². The van der Waals surface area contributed by atoms with Crippen LogP contribution in [0, 0.1) is 12.7 Å². The number of aliphatic hydroxyl groups excluding tert-OH is 1. The van der Waals surface area contributed by atoms with Crippen LogP contribution >= 0.6 is 0 Å². The SMILES string of the molecule is Cc1cc2c(F)c(Nc3ccnc(Nc4ccccc4OCCO)n3)ccc2[nH]1. The molecule has 0 aliphatic carbocycles. The Kier molecular flexibility index (Phi) is 5.26. The van der Waals surface area contributed by atoms with E-state index in [0.29, 0.717) is 34.3 Å². The normalized spacial score (nSPS) is 10.9. The van der Waals surface area contributed by atoms with Crippen molar-refractivity contribution in [2.45, 2.75) is 6.92 Å². The molecule has 0 bridgehead atoms. The molecule has 0 spiro atoms. The van der Waals surface area contributed by atoms with Crippen LogP contribution in [0.2, 0.25) is 0 Å². The number of aryl methyl sites for hydroxylation is 1. The molecule has 4 rings (SSSR count). The van der Waals surface area contributed by atoms with Crippen molar-refractivity contribution in [3.63, 3.8) is 0 Å². The topological polar surface area (TPSA) is 95.1 Å². The molecule has 2 aromatic carbocycles. The van der Waals surface area contributed by atoms with Gasteiger partial charge in [0.15, 0.2) is 5.82 Å². The monoisotopic (exact) mass is 393 g/mol. The number of ether oxygens (including phenoxy) is 1. The zero-order valence-electron chi connectivity index (χ0n) is 15.7. The minimum Gasteiger partial charge on any atom is -0.489 e. The quantitative estimate of drug-likeness (QED) is 0.375. The number of hydrogen-bond donors (Lipinski definition) is 4. The number of nitrogens with one attached hydrogen (secondary N) is 3. The zero-order chi connectivity index (χ0) is 20.2. The van der Waals surface area contributed by atoms with E-state index < -0.39 is 0 Å². The number of benzene rings is 2. The van der Waals surface area contributed by atoms with E-state index in [1.54, 1.807) is 30.5 Å². The Labute approximate surface area is 166 Å². The van der Waals surface area contributed by atoms with E-state index in [1.165, 1.54) is 0 Å². The van der Waals surface area contributed by atoms with Crippen molar-refractivity contribution in [2.75, 3.05) is 23.8 Å².